The molecule has 2 fully saturated rings. The Bertz CT molecular complexity index is 1390. The topological polar surface area (TPSA) is 79.3 Å². The lowest BCUT2D eigenvalue weighted by Gasteiger charge is -2.33. The monoisotopic (exact) mass is 469 g/mol. The van der Waals surface area contributed by atoms with Crippen LogP contribution in [0.4, 0.5) is 10.1 Å². The maximum absolute atomic E-state index is 13.8. The first-order valence-corrected chi connectivity index (χ1v) is 11.2. The molecule has 174 valence electrons. The van der Waals surface area contributed by atoms with Crippen molar-refractivity contribution in [2.24, 2.45) is 16.9 Å². The van der Waals surface area contributed by atoms with E-state index in [0.717, 1.165) is 16.0 Å². The Hall–Kier alpha value is -4.33. The number of hydrogen-bond acceptors (Lipinski definition) is 6. The molecule has 2 saturated heterocycles. The smallest absolute Gasteiger partial charge is 0.240 e. The summed E-state index contributed by atoms with van der Waals surface area (Å²) in [7, 11) is 1.54. The van der Waals surface area contributed by atoms with E-state index in [4.69, 9.17) is 4.74 Å². The van der Waals surface area contributed by atoms with Gasteiger partial charge in [0.25, 0.3) is 0 Å². The molecule has 7 nitrogen and oxygen atoms in total. The van der Waals surface area contributed by atoms with Crippen molar-refractivity contribution in [1.82, 2.24) is 5.01 Å². The number of carbonyl (C=O) groups excluding carboxylic acids is 3. The number of nitrogens with zero attached hydrogens (tertiary/aromatic N) is 3. The molecule has 0 unspecified atom stereocenters. The number of carbonyl (C=O) groups is 3. The third-order valence-electron chi connectivity index (χ3n) is 7.02. The molecule has 0 aliphatic carbocycles. The fourth-order valence-corrected chi connectivity index (χ4v) is 5.44. The Morgan fingerprint density at radius 3 is 2.31 bits per heavy atom. The van der Waals surface area contributed by atoms with Gasteiger partial charge in [-0.3, -0.25) is 19.4 Å². The van der Waals surface area contributed by atoms with E-state index in [0.29, 0.717) is 11.3 Å². The van der Waals surface area contributed by atoms with Crippen molar-refractivity contribution in [3.8, 4) is 5.75 Å². The zero-order valence-electron chi connectivity index (χ0n) is 18.7. The average Bonchev–Trinajstić information content (AvgIpc) is 3.37. The molecule has 0 radical (unpaired) electrons. The Morgan fingerprint density at radius 2 is 1.60 bits per heavy atom. The van der Waals surface area contributed by atoms with E-state index in [-0.39, 0.29) is 11.5 Å². The fraction of sp³-hybridized carbons (Fsp3) is 0.185. The van der Waals surface area contributed by atoms with Crippen LogP contribution in [0.15, 0.2) is 77.9 Å². The summed E-state index contributed by atoms with van der Waals surface area (Å²) < 4.78 is 18.7. The van der Waals surface area contributed by atoms with Crippen LogP contribution in [0.3, 0.4) is 0 Å². The molecule has 8 heteroatoms. The summed E-state index contributed by atoms with van der Waals surface area (Å²) in [4.78, 5) is 42.4. The summed E-state index contributed by atoms with van der Waals surface area (Å²) in [6.07, 6.45) is 1.66. The highest BCUT2D eigenvalue weighted by atomic mass is 19.1. The van der Waals surface area contributed by atoms with Crippen molar-refractivity contribution in [3.05, 3.63) is 95.3 Å². The first-order valence-electron chi connectivity index (χ1n) is 11.2. The van der Waals surface area contributed by atoms with Crippen LogP contribution in [0.2, 0.25) is 0 Å². The van der Waals surface area contributed by atoms with Crippen molar-refractivity contribution in [3.63, 3.8) is 0 Å². The standard InChI is InChI=1S/C27H20FN3O4/c1-35-19-12-6-15(7-13-19)25(32)24-22-21(23-20-5-3-2-4-16(20)14-29-31(23)24)26(33)30(27(22)34)18-10-8-17(28)9-11-18/h2-14,21-24H,1H3/t21-,22+,23-,24-/m0/s1. The van der Waals surface area contributed by atoms with Crippen LogP contribution in [0, 0.1) is 17.7 Å². The number of amides is 2. The minimum Gasteiger partial charge on any atom is -0.497 e. The number of hydrazone groups is 1. The Morgan fingerprint density at radius 1 is 0.914 bits per heavy atom. The summed E-state index contributed by atoms with van der Waals surface area (Å²) in [5, 5.41) is 6.16. The molecule has 2 amide bonds. The zero-order chi connectivity index (χ0) is 24.3. The molecule has 0 saturated carbocycles. The predicted octanol–water partition coefficient (Wildman–Crippen LogP) is 3.60. The van der Waals surface area contributed by atoms with Crippen molar-refractivity contribution < 1.29 is 23.5 Å². The van der Waals surface area contributed by atoms with E-state index < -0.39 is 41.6 Å². The minimum atomic E-state index is -0.968. The van der Waals surface area contributed by atoms with Crippen molar-refractivity contribution in [1.29, 1.82) is 0 Å². The lowest BCUT2D eigenvalue weighted by atomic mass is 9.83. The number of hydrogen-bond donors (Lipinski definition) is 0. The first-order chi connectivity index (χ1) is 17.0. The molecule has 3 aliphatic heterocycles. The van der Waals surface area contributed by atoms with Gasteiger partial charge < -0.3 is 4.74 Å². The lowest BCUT2D eigenvalue weighted by molar-refractivity contribution is -0.124. The number of Topliss-reactive ketones (excluding diaryl/α,β-unsaturated/α-hetero) is 1. The summed E-state index contributed by atoms with van der Waals surface area (Å²) in [6.45, 7) is 0. The van der Waals surface area contributed by atoms with Gasteiger partial charge in [0.05, 0.1) is 36.9 Å². The zero-order valence-corrected chi connectivity index (χ0v) is 18.7. The van der Waals surface area contributed by atoms with Gasteiger partial charge in [-0.2, -0.15) is 5.10 Å². The van der Waals surface area contributed by atoms with Gasteiger partial charge in [0.15, 0.2) is 5.78 Å². The molecule has 4 atom stereocenters. The van der Waals surface area contributed by atoms with Crippen molar-refractivity contribution >= 4 is 29.5 Å². The third kappa shape index (κ3) is 3.10. The van der Waals surface area contributed by atoms with E-state index >= 15 is 0 Å². The highest BCUT2D eigenvalue weighted by Crippen LogP contribution is 2.53. The van der Waals surface area contributed by atoms with Crippen LogP contribution < -0.4 is 9.64 Å². The molecular weight excluding hydrogens is 449 g/mol. The van der Waals surface area contributed by atoms with Gasteiger partial charge in [-0.05, 0) is 59.7 Å². The van der Waals surface area contributed by atoms with Crippen LogP contribution in [-0.4, -0.2) is 42.0 Å². The number of halogens is 1. The van der Waals surface area contributed by atoms with E-state index in [9.17, 15) is 18.8 Å². The van der Waals surface area contributed by atoms with Crippen molar-refractivity contribution in [2.45, 2.75) is 12.1 Å². The van der Waals surface area contributed by atoms with Crippen molar-refractivity contribution in [2.75, 3.05) is 12.0 Å². The third-order valence-corrected chi connectivity index (χ3v) is 7.02. The van der Waals surface area contributed by atoms with Gasteiger partial charge in [-0.15, -0.1) is 0 Å². The SMILES string of the molecule is COc1ccc(C(=O)[C@@H]2[C@@H]3C(=O)N(c4ccc(F)cc4)C(=O)[C@@H]3[C@@H]3c4ccccc4C=NN23)cc1. The molecule has 3 heterocycles. The van der Waals surface area contributed by atoms with E-state index in [1.165, 1.54) is 31.4 Å². The summed E-state index contributed by atoms with van der Waals surface area (Å²) in [5.74, 6) is -2.82. The van der Waals surface area contributed by atoms with E-state index in [1.54, 1.807) is 35.5 Å². The molecule has 0 aromatic heterocycles. The molecule has 35 heavy (non-hydrogen) atoms. The first kappa shape index (κ1) is 21.2. The quantitative estimate of drug-likeness (QED) is 0.431. The fourth-order valence-electron chi connectivity index (χ4n) is 5.44. The maximum Gasteiger partial charge on any atom is 0.240 e. The van der Waals surface area contributed by atoms with E-state index in [1.807, 2.05) is 24.3 Å². The summed E-state index contributed by atoms with van der Waals surface area (Å²) in [6, 6.07) is 17.8. The molecule has 0 spiro atoms. The highest BCUT2D eigenvalue weighted by molar-refractivity contribution is 6.24. The van der Waals surface area contributed by atoms with Crippen LogP contribution >= 0.6 is 0 Å². The summed E-state index contributed by atoms with van der Waals surface area (Å²) >= 11 is 0. The molecular formula is C27H20FN3O4. The van der Waals surface area contributed by atoms with Crippen LogP contribution in [0.25, 0.3) is 0 Å². The molecule has 3 aromatic carbocycles. The second kappa shape index (κ2) is 7.87. The number of anilines is 1. The molecule has 6 rings (SSSR count). The predicted molar refractivity (Wildman–Crippen MR) is 126 cm³/mol. The Kier molecular flexibility index (Phi) is 4.77. The van der Waals surface area contributed by atoms with Gasteiger partial charge in [0.1, 0.15) is 17.6 Å². The maximum atomic E-state index is 13.8. The Balaban J connectivity index is 1.47. The van der Waals surface area contributed by atoms with Crippen LogP contribution in [0.5, 0.6) is 5.75 Å². The summed E-state index contributed by atoms with van der Waals surface area (Å²) in [5.41, 5.74) is 2.35. The number of benzene rings is 3. The number of fused-ring (bicyclic) bond motifs is 5. The van der Waals surface area contributed by atoms with Gasteiger partial charge in [-0.1, -0.05) is 24.3 Å². The number of methoxy groups -OCH3 is 1. The molecule has 3 aromatic rings. The number of ketones is 1. The number of imide groups is 1. The van der Waals surface area contributed by atoms with Gasteiger partial charge in [-0.25, -0.2) is 9.29 Å². The van der Waals surface area contributed by atoms with Gasteiger partial charge in [0, 0.05) is 5.56 Å². The highest BCUT2D eigenvalue weighted by Gasteiger charge is 2.65. The molecule has 3 aliphatic rings. The minimum absolute atomic E-state index is 0.283. The number of ether oxygens (including phenoxy) is 1. The van der Waals surface area contributed by atoms with Crippen LogP contribution in [-0.2, 0) is 9.59 Å². The molecule has 0 N–H and O–H groups in total. The normalized spacial score (nSPS) is 24.3. The Labute approximate surface area is 200 Å². The van der Waals surface area contributed by atoms with Crippen LogP contribution in [0.1, 0.15) is 27.5 Å². The lowest BCUT2D eigenvalue weighted by Crippen LogP contribution is -2.44. The average molecular weight is 469 g/mol. The van der Waals surface area contributed by atoms with E-state index in [2.05, 4.69) is 5.10 Å². The van der Waals surface area contributed by atoms with Gasteiger partial charge in [0.2, 0.25) is 11.8 Å². The largest absolute Gasteiger partial charge is 0.497 e. The molecule has 0 bridgehead atoms. The second-order valence-corrected chi connectivity index (χ2v) is 8.78. The van der Waals surface area contributed by atoms with Gasteiger partial charge >= 0.3 is 0 Å². The second-order valence-electron chi connectivity index (χ2n) is 8.78. The number of rotatable bonds is 4.